The highest BCUT2D eigenvalue weighted by atomic mass is 19.1. The molecule has 9 nitrogen and oxygen atoms in total. The van der Waals surface area contributed by atoms with Crippen LogP contribution in [0.3, 0.4) is 0 Å². The van der Waals surface area contributed by atoms with Gasteiger partial charge in [0.15, 0.2) is 0 Å². The van der Waals surface area contributed by atoms with Gasteiger partial charge in [-0.15, -0.1) is 0 Å². The Labute approximate surface area is 270 Å². The molecule has 2 aliphatic carbocycles. The fraction of sp³-hybridized carbons (Fsp3) is 0.371. The van der Waals surface area contributed by atoms with E-state index in [4.69, 9.17) is 25.9 Å². The van der Waals surface area contributed by atoms with Crippen molar-refractivity contribution in [1.29, 1.82) is 0 Å². The fourth-order valence-electron chi connectivity index (χ4n) is 5.85. The van der Waals surface area contributed by atoms with Gasteiger partial charge in [0.25, 0.3) is 5.91 Å². The largest absolute Gasteiger partial charge is 0.495 e. The molecule has 0 radical (unpaired) electrons. The van der Waals surface area contributed by atoms with Crippen molar-refractivity contribution in [2.45, 2.75) is 56.2 Å². The van der Waals surface area contributed by atoms with E-state index in [0.29, 0.717) is 39.9 Å². The molecule has 2 aromatic carbocycles. The van der Waals surface area contributed by atoms with Gasteiger partial charge >= 0.3 is 0 Å². The van der Waals surface area contributed by atoms with Crippen LogP contribution >= 0.6 is 0 Å². The molecule has 3 aliphatic rings. The average Bonchev–Trinajstić information content (AvgIpc) is 3.99. The molecule has 2 amide bonds. The Balaban J connectivity index is 1.38. The predicted octanol–water partition coefficient (Wildman–Crippen LogP) is 5.45. The van der Waals surface area contributed by atoms with E-state index in [1.54, 1.807) is 31.3 Å². The lowest BCUT2D eigenvalue weighted by molar-refractivity contribution is -0.123. The van der Waals surface area contributed by atoms with Gasteiger partial charge in [-0.05, 0) is 62.8 Å². The summed E-state index contributed by atoms with van der Waals surface area (Å²) in [7, 11) is 1.47. The maximum absolute atomic E-state index is 15.4. The number of amides is 2. The van der Waals surface area contributed by atoms with Crippen LogP contribution in [0.1, 0.15) is 77.4 Å². The van der Waals surface area contributed by atoms with Gasteiger partial charge in [0.05, 0.1) is 18.8 Å². The fourth-order valence-corrected chi connectivity index (χ4v) is 5.85. The number of carbonyl (C=O) groups is 2. The van der Waals surface area contributed by atoms with Crippen LogP contribution in [-0.2, 0) is 10.2 Å². The van der Waals surface area contributed by atoms with E-state index in [0.717, 1.165) is 37.8 Å². The number of anilines is 1. The van der Waals surface area contributed by atoms with E-state index in [9.17, 15) is 18.4 Å². The highest BCUT2D eigenvalue weighted by Gasteiger charge is 2.45. The summed E-state index contributed by atoms with van der Waals surface area (Å²) in [5.74, 6) is -2.88. The molecule has 47 heavy (non-hydrogen) atoms. The number of nitrogens with one attached hydrogen (secondary N) is 1. The molecule has 2 heterocycles. The summed E-state index contributed by atoms with van der Waals surface area (Å²) in [6.45, 7) is 5.02. The number of fused-ring (bicyclic) bond motifs is 1. The van der Waals surface area contributed by atoms with Crippen LogP contribution in [0.2, 0.25) is 0 Å². The Morgan fingerprint density at radius 2 is 1.94 bits per heavy atom. The standard InChI is InChI=1S/C35H36F3N5O4/c1-4-25(36)21-11-22(27(38)13-26(21)37)31-32-24(35(2,16-47-32)34(40)45)12-28(43-31)23(17-5-6-17)15-42-33(44)18-9-19(14-41-20-7-8-20)30(39)29(10-18)46-3/h4,9-14,17,20,23,25H,1,5-8,15-16,39H2,2-3H3,(H2,40,45)(H,42,44)/t23-,25?,35-/m0/s1. The monoisotopic (exact) mass is 647 g/mol. The average molecular weight is 648 g/mol. The molecule has 6 rings (SSSR count). The zero-order valence-corrected chi connectivity index (χ0v) is 26.1. The highest BCUT2D eigenvalue weighted by molar-refractivity contribution is 5.99. The lowest BCUT2D eigenvalue weighted by atomic mass is 9.82. The Morgan fingerprint density at radius 3 is 2.57 bits per heavy atom. The number of nitrogens with zero attached hydrogens (tertiary/aromatic N) is 2. The second kappa shape index (κ2) is 12.4. The van der Waals surface area contributed by atoms with Crippen LogP contribution in [0.4, 0.5) is 18.9 Å². The zero-order chi connectivity index (χ0) is 33.6. The second-order valence-corrected chi connectivity index (χ2v) is 12.6. The first-order chi connectivity index (χ1) is 22.4. The topological polar surface area (TPSA) is 142 Å². The zero-order valence-electron chi connectivity index (χ0n) is 26.1. The van der Waals surface area contributed by atoms with Crippen LogP contribution in [0.5, 0.6) is 11.5 Å². The number of primary amides is 1. The Hall–Kier alpha value is -4.87. The van der Waals surface area contributed by atoms with Crippen molar-refractivity contribution in [3.05, 3.63) is 82.6 Å². The summed E-state index contributed by atoms with van der Waals surface area (Å²) in [4.78, 5) is 35.4. The van der Waals surface area contributed by atoms with Crippen molar-refractivity contribution in [2.24, 2.45) is 16.6 Å². The summed E-state index contributed by atoms with van der Waals surface area (Å²) < 4.78 is 55.9. The van der Waals surface area contributed by atoms with Gasteiger partial charge < -0.3 is 26.3 Å². The molecule has 12 heteroatoms. The minimum atomic E-state index is -1.90. The molecule has 2 saturated carbocycles. The molecule has 1 aromatic heterocycles. The summed E-state index contributed by atoms with van der Waals surface area (Å²) in [6, 6.07) is 6.81. The first-order valence-electron chi connectivity index (χ1n) is 15.5. The van der Waals surface area contributed by atoms with Gasteiger partial charge in [-0.2, -0.15) is 0 Å². The molecule has 0 bridgehead atoms. The molecule has 3 aromatic rings. The number of hydrogen-bond donors (Lipinski definition) is 3. The van der Waals surface area contributed by atoms with Crippen molar-refractivity contribution >= 4 is 23.7 Å². The molecule has 0 saturated heterocycles. The maximum atomic E-state index is 15.4. The van der Waals surface area contributed by atoms with Gasteiger partial charge in [0.1, 0.15) is 47.0 Å². The van der Waals surface area contributed by atoms with Gasteiger partial charge in [0, 0.05) is 58.3 Å². The first kappa shape index (κ1) is 32.1. The third-order valence-electron chi connectivity index (χ3n) is 9.16. The summed E-state index contributed by atoms with van der Waals surface area (Å²) in [5.41, 5.74) is 12.3. The molecule has 3 atom stereocenters. The van der Waals surface area contributed by atoms with Gasteiger partial charge in [0.2, 0.25) is 5.91 Å². The number of carbonyl (C=O) groups excluding carboxylic acids is 2. The molecule has 1 aliphatic heterocycles. The van der Waals surface area contributed by atoms with Crippen LogP contribution in [0.15, 0.2) is 48.0 Å². The molecule has 246 valence electrons. The van der Waals surface area contributed by atoms with E-state index in [1.165, 1.54) is 7.11 Å². The third-order valence-corrected chi connectivity index (χ3v) is 9.16. The van der Waals surface area contributed by atoms with Crippen LogP contribution in [0.25, 0.3) is 11.3 Å². The van der Waals surface area contributed by atoms with E-state index in [2.05, 4.69) is 16.9 Å². The third kappa shape index (κ3) is 6.16. The lowest BCUT2D eigenvalue weighted by Gasteiger charge is -2.23. The van der Waals surface area contributed by atoms with Crippen LogP contribution in [-0.4, -0.2) is 49.3 Å². The van der Waals surface area contributed by atoms with Crippen molar-refractivity contribution in [3.63, 3.8) is 0 Å². The SMILES string of the molecule is C=CC(F)c1cc(-c2nc([C@@H](CNC(=O)c3cc(C=NC4CC4)c(N)c(OC)c3)C3CC3)cc3c2OC[C@]3(C)C(N)=O)c(F)cc1F. The quantitative estimate of drug-likeness (QED) is 0.136. The van der Waals surface area contributed by atoms with Crippen molar-refractivity contribution < 1.29 is 32.2 Å². The van der Waals surface area contributed by atoms with Gasteiger partial charge in [-0.3, -0.25) is 14.6 Å². The van der Waals surface area contributed by atoms with E-state index in [1.807, 2.05) is 0 Å². The smallest absolute Gasteiger partial charge is 0.251 e. The van der Waals surface area contributed by atoms with Crippen LogP contribution < -0.4 is 26.3 Å². The van der Waals surface area contributed by atoms with Crippen LogP contribution in [0, 0.1) is 17.6 Å². The maximum Gasteiger partial charge on any atom is 0.251 e. The number of aliphatic imine (C=N–C) groups is 1. The molecule has 5 N–H and O–H groups in total. The lowest BCUT2D eigenvalue weighted by Crippen LogP contribution is -2.40. The number of ether oxygens (including phenoxy) is 2. The van der Waals surface area contributed by atoms with E-state index >= 15 is 4.39 Å². The number of benzene rings is 2. The molecule has 2 fully saturated rings. The minimum absolute atomic E-state index is 0.0164. The number of nitrogen functional groups attached to an aromatic ring is 1. The van der Waals surface area contributed by atoms with Crippen molar-refractivity contribution in [1.82, 2.24) is 10.3 Å². The number of rotatable bonds is 12. The number of aromatic nitrogens is 1. The summed E-state index contributed by atoms with van der Waals surface area (Å²) >= 11 is 0. The number of pyridine rings is 1. The number of allylic oxidation sites excluding steroid dienone is 1. The first-order valence-corrected chi connectivity index (χ1v) is 15.5. The van der Waals surface area contributed by atoms with Crippen molar-refractivity contribution in [3.8, 4) is 22.8 Å². The summed E-state index contributed by atoms with van der Waals surface area (Å²) in [6.07, 6.45) is 4.40. The number of methoxy groups -OCH3 is 1. The normalized spacial score (nSPS) is 19.9. The highest BCUT2D eigenvalue weighted by Crippen LogP contribution is 2.49. The number of nitrogens with two attached hydrogens (primary N) is 2. The predicted molar refractivity (Wildman–Crippen MR) is 171 cm³/mol. The molecule has 1 unspecified atom stereocenters. The minimum Gasteiger partial charge on any atom is -0.495 e. The summed E-state index contributed by atoms with van der Waals surface area (Å²) in [5, 5.41) is 2.99. The second-order valence-electron chi connectivity index (χ2n) is 12.6. The Bertz CT molecular complexity index is 1810. The Kier molecular flexibility index (Phi) is 8.46. The molecular weight excluding hydrogens is 611 g/mol. The number of hydrogen-bond acceptors (Lipinski definition) is 7. The number of halogens is 3. The molecule has 0 spiro atoms. The van der Waals surface area contributed by atoms with E-state index < -0.39 is 34.7 Å². The Morgan fingerprint density at radius 1 is 1.19 bits per heavy atom. The van der Waals surface area contributed by atoms with Crippen molar-refractivity contribution in [2.75, 3.05) is 26.0 Å². The van der Waals surface area contributed by atoms with Gasteiger partial charge in [-0.1, -0.05) is 12.7 Å². The number of alkyl halides is 1. The molecular formula is C35H36F3N5O4. The van der Waals surface area contributed by atoms with E-state index in [-0.39, 0.29) is 53.9 Å². The van der Waals surface area contributed by atoms with Gasteiger partial charge in [-0.25, -0.2) is 18.2 Å².